The molecule has 4 heteroatoms. The van der Waals surface area contributed by atoms with Gasteiger partial charge < -0.3 is 4.74 Å². The summed E-state index contributed by atoms with van der Waals surface area (Å²) in [4.78, 5) is 12.1. The quantitative estimate of drug-likeness (QED) is 0.425. The molecule has 0 radical (unpaired) electrons. The van der Waals surface area contributed by atoms with Crippen LogP contribution in [0.1, 0.15) is 39.9 Å². The molecule has 0 spiro atoms. The van der Waals surface area contributed by atoms with Gasteiger partial charge in [-0.1, -0.05) is 12.0 Å². The normalized spacial score (nSPS) is 14.7. The zero-order valence-corrected chi connectivity index (χ0v) is 15.3. The highest BCUT2D eigenvalue weighted by Crippen LogP contribution is 2.41. The Morgan fingerprint density at radius 3 is 2.83 bits per heavy atom. The molecule has 0 bridgehead atoms. The Kier molecular flexibility index (Phi) is 4.08. The molecule has 4 rings (SSSR count). The number of ketones is 1. The van der Waals surface area contributed by atoms with Gasteiger partial charge in [0.1, 0.15) is 12.4 Å². The number of carbonyl (C=O) groups excluding carboxylic acids is 1. The van der Waals surface area contributed by atoms with Crippen molar-refractivity contribution in [3.05, 3.63) is 52.6 Å². The third-order valence-electron chi connectivity index (χ3n) is 4.37. The lowest BCUT2D eigenvalue weighted by Crippen LogP contribution is -2.13. The van der Waals surface area contributed by atoms with Crippen LogP contribution < -0.4 is 4.74 Å². The fourth-order valence-corrected chi connectivity index (χ4v) is 3.77. The summed E-state index contributed by atoms with van der Waals surface area (Å²) in [6, 6.07) is 10.4. The summed E-state index contributed by atoms with van der Waals surface area (Å²) in [6.07, 6.45) is 2.57. The van der Waals surface area contributed by atoms with Crippen molar-refractivity contribution >= 4 is 35.9 Å². The van der Waals surface area contributed by atoms with E-state index < -0.39 is 0 Å². The van der Waals surface area contributed by atoms with Gasteiger partial charge in [-0.3, -0.25) is 4.79 Å². The standard InChI is InChI=1S/C19H13IO2S/c20-23-7-6-12-4-5-15-14(8-12)11-22-19-10-16-13(9-17(15)19)2-1-3-18(16)21/h4-5,8-10H,1-3,11H2. The number of aryl methyl sites for hydroxylation is 1. The van der Waals surface area contributed by atoms with E-state index in [-0.39, 0.29) is 5.78 Å². The predicted molar refractivity (Wildman–Crippen MR) is 102 cm³/mol. The molecule has 0 saturated carbocycles. The second-order valence-corrected chi connectivity index (χ2v) is 7.43. The summed E-state index contributed by atoms with van der Waals surface area (Å²) in [5, 5.41) is 3.01. The van der Waals surface area contributed by atoms with E-state index in [1.54, 1.807) is 0 Å². The molecule has 0 atom stereocenters. The molecular formula is C19H13IO2S. The summed E-state index contributed by atoms with van der Waals surface area (Å²) < 4.78 is 5.92. The summed E-state index contributed by atoms with van der Waals surface area (Å²) in [5.74, 6) is 4.20. The number of ether oxygens (including phenoxy) is 1. The molecule has 2 aliphatic rings. The lowest BCUT2D eigenvalue weighted by atomic mass is 9.86. The van der Waals surface area contributed by atoms with Crippen LogP contribution in [0.5, 0.6) is 5.75 Å². The van der Waals surface area contributed by atoms with Crippen LogP contribution in [0.25, 0.3) is 11.1 Å². The molecule has 0 fully saturated rings. The van der Waals surface area contributed by atoms with Gasteiger partial charge in [0.15, 0.2) is 5.78 Å². The second-order valence-electron chi connectivity index (χ2n) is 5.75. The summed E-state index contributed by atoms with van der Waals surface area (Å²) >= 11 is 2.17. The highest BCUT2D eigenvalue weighted by atomic mass is 127. The van der Waals surface area contributed by atoms with E-state index in [0.717, 1.165) is 46.4 Å². The number of fused-ring (bicyclic) bond motifs is 4. The Morgan fingerprint density at radius 1 is 1.04 bits per heavy atom. The third kappa shape index (κ3) is 2.77. The molecule has 0 N–H and O–H groups in total. The molecule has 2 aromatic rings. The number of halogens is 1. The first-order chi connectivity index (χ1) is 11.3. The van der Waals surface area contributed by atoms with E-state index >= 15 is 0 Å². The number of benzene rings is 2. The van der Waals surface area contributed by atoms with Crippen molar-refractivity contribution in [3.8, 4) is 28.0 Å². The summed E-state index contributed by atoms with van der Waals surface area (Å²) in [7, 11) is 1.48. The van der Waals surface area contributed by atoms with Gasteiger partial charge in [0.2, 0.25) is 0 Å². The second kappa shape index (κ2) is 6.21. The van der Waals surface area contributed by atoms with Crippen molar-refractivity contribution in [3.63, 3.8) is 0 Å². The highest BCUT2D eigenvalue weighted by Gasteiger charge is 2.24. The topological polar surface area (TPSA) is 26.3 Å². The van der Waals surface area contributed by atoms with Crippen LogP contribution in [-0.4, -0.2) is 5.78 Å². The van der Waals surface area contributed by atoms with Crippen molar-refractivity contribution in [2.75, 3.05) is 0 Å². The number of carbonyl (C=O) groups is 1. The number of hydrogen-bond acceptors (Lipinski definition) is 3. The molecule has 1 aliphatic carbocycles. The Hall–Kier alpha value is -1.45. The fraction of sp³-hybridized carbons (Fsp3) is 0.211. The molecule has 114 valence electrons. The first-order valence-electron chi connectivity index (χ1n) is 7.51. The largest absolute Gasteiger partial charge is 0.488 e. The van der Waals surface area contributed by atoms with Crippen molar-refractivity contribution < 1.29 is 9.53 Å². The molecule has 0 aromatic heterocycles. The Labute approximate surface area is 151 Å². The molecule has 1 heterocycles. The van der Waals surface area contributed by atoms with Gasteiger partial charge in [0.25, 0.3) is 0 Å². The van der Waals surface area contributed by atoms with Gasteiger partial charge >= 0.3 is 0 Å². The lowest BCUT2D eigenvalue weighted by Gasteiger charge is -2.24. The van der Waals surface area contributed by atoms with Gasteiger partial charge in [-0.2, -0.15) is 0 Å². The summed E-state index contributed by atoms with van der Waals surface area (Å²) in [6.45, 7) is 0.530. The smallest absolute Gasteiger partial charge is 0.163 e. The average Bonchev–Trinajstić information content (AvgIpc) is 2.58. The molecule has 0 unspecified atom stereocenters. The van der Waals surface area contributed by atoms with E-state index in [9.17, 15) is 4.79 Å². The molecule has 2 aromatic carbocycles. The zero-order valence-electron chi connectivity index (χ0n) is 12.3. The lowest BCUT2D eigenvalue weighted by molar-refractivity contribution is 0.0972. The van der Waals surface area contributed by atoms with Crippen molar-refractivity contribution in [2.24, 2.45) is 0 Å². The van der Waals surface area contributed by atoms with Crippen LogP contribution in [0.3, 0.4) is 0 Å². The van der Waals surface area contributed by atoms with E-state index in [4.69, 9.17) is 4.74 Å². The minimum absolute atomic E-state index is 0.241. The van der Waals surface area contributed by atoms with Crippen LogP contribution in [0.4, 0.5) is 0 Å². The SMILES string of the molecule is O=C1CCCc2cc3c(cc21)OCc1cc(C#CSI)ccc1-3. The minimum atomic E-state index is 0.241. The maximum atomic E-state index is 12.1. The first-order valence-corrected chi connectivity index (χ1v) is 10.9. The van der Waals surface area contributed by atoms with E-state index in [2.05, 4.69) is 56.6 Å². The monoisotopic (exact) mass is 432 g/mol. The van der Waals surface area contributed by atoms with E-state index in [1.807, 2.05) is 6.07 Å². The van der Waals surface area contributed by atoms with Crippen molar-refractivity contribution in [1.82, 2.24) is 0 Å². The zero-order chi connectivity index (χ0) is 15.8. The van der Waals surface area contributed by atoms with Gasteiger partial charge in [0, 0.05) is 44.3 Å². The van der Waals surface area contributed by atoms with Crippen LogP contribution in [0, 0.1) is 11.2 Å². The third-order valence-corrected chi connectivity index (χ3v) is 5.21. The number of Topliss-reactive ketones (excluding diaryl/α,β-unsaturated/α-hetero) is 1. The Morgan fingerprint density at radius 2 is 1.96 bits per heavy atom. The molecular weight excluding hydrogens is 419 g/mol. The van der Waals surface area contributed by atoms with Crippen LogP contribution in [0.2, 0.25) is 0 Å². The molecule has 0 amide bonds. The van der Waals surface area contributed by atoms with E-state index in [1.165, 1.54) is 14.5 Å². The Balaban J connectivity index is 1.82. The number of hydrogen-bond donors (Lipinski definition) is 0. The molecule has 0 saturated heterocycles. The number of rotatable bonds is 0. The Bertz CT molecular complexity index is 877. The fourth-order valence-electron chi connectivity index (χ4n) is 3.28. The van der Waals surface area contributed by atoms with Crippen molar-refractivity contribution in [2.45, 2.75) is 25.9 Å². The molecule has 1 aliphatic heterocycles. The average molecular weight is 432 g/mol. The maximum absolute atomic E-state index is 12.1. The molecule has 2 nitrogen and oxygen atoms in total. The highest BCUT2D eigenvalue weighted by molar-refractivity contribution is 14.2. The van der Waals surface area contributed by atoms with Gasteiger partial charge in [-0.05, 0) is 68.0 Å². The van der Waals surface area contributed by atoms with Gasteiger partial charge in [0.05, 0.1) is 0 Å². The van der Waals surface area contributed by atoms with Gasteiger partial charge in [-0.25, -0.2) is 0 Å². The van der Waals surface area contributed by atoms with E-state index in [0.29, 0.717) is 13.0 Å². The maximum Gasteiger partial charge on any atom is 0.163 e. The van der Waals surface area contributed by atoms with Crippen molar-refractivity contribution in [1.29, 1.82) is 0 Å². The first kappa shape index (κ1) is 15.1. The molecule has 23 heavy (non-hydrogen) atoms. The van der Waals surface area contributed by atoms with Crippen LogP contribution in [0.15, 0.2) is 30.3 Å². The minimum Gasteiger partial charge on any atom is -0.488 e. The van der Waals surface area contributed by atoms with Crippen LogP contribution >= 0.6 is 30.1 Å². The van der Waals surface area contributed by atoms with Gasteiger partial charge in [-0.15, -0.1) is 0 Å². The van der Waals surface area contributed by atoms with Crippen LogP contribution in [-0.2, 0) is 13.0 Å². The predicted octanol–water partition coefficient (Wildman–Crippen LogP) is 5.16. The summed E-state index contributed by atoms with van der Waals surface area (Å²) in [5.41, 5.74) is 6.46.